The Labute approximate surface area is 150 Å². The number of fused-ring (bicyclic) bond motifs is 1. The fourth-order valence-electron chi connectivity index (χ4n) is 2.72. The summed E-state index contributed by atoms with van der Waals surface area (Å²) in [6, 6.07) is 11.2. The lowest BCUT2D eigenvalue weighted by Gasteiger charge is -2.29. The van der Waals surface area contributed by atoms with Crippen molar-refractivity contribution in [3.8, 4) is 17.2 Å². The van der Waals surface area contributed by atoms with Gasteiger partial charge in [-0.05, 0) is 18.2 Å². The molecule has 1 amide bonds. The number of amides is 1. The van der Waals surface area contributed by atoms with Gasteiger partial charge in [-0.1, -0.05) is 12.1 Å². The van der Waals surface area contributed by atoms with E-state index in [4.69, 9.17) is 14.2 Å². The van der Waals surface area contributed by atoms with Gasteiger partial charge in [-0.3, -0.25) is 14.9 Å². The van der Waals surface area contributed by atoms with Crippen LogP contribution in [0.15, 0.2) is 42.5 Å². The molecule has 0 aromatic heterocycles. The van der Waals surface area contributed by atoms with Gasteiger partial charge in [0.15, 0.2) is 17.6 Å². The first-order chi connectivity index (χ1) is 12.5. The Kier molecular flexibility index (Phi) is 4.92. The summed E-state index contributed by atoms with van der Waals surface area (Å²) in [4.78, 5) is 24.6. The maximum atomic E-state index is 12.7. The summed E-state index contributed by atoms with van der Waals surface area (Å²) in [5, 5.41) is 11.0. The van der Waals surface area contributed by atoms with Crippen LogP contribution < -0.4 is 14.2 Å². The number of nitro benzene ring substituents is 1. The summed E-state index contributed by atoms with van der Waals surface area (Å²) in [5.41, 5.74) is -0.0462. The number of nitrogens with zero attached hydrogens (tertiary/aromatic N) is 2. The first kappa shape index (κ1) is 17.5. The van der Waals surface area contributed by atoms with E-state index in [9.17, 15) is 14.9 Å². The SMILES string of the molecule is COc1ccc([N+](=O)[O-])cc1C(=O)N(C)CC1COc2ccccc2O1. The molecule has 0 N–H and O–H groups in total. The third-order valence-corrected chi connectivity index (χ3v) is 4.02. The number of nitro groups is 1. The number of non-ortho nitro benzene ring substituents is 1. The molecule has 0 radical (unpaired) electrons. The summed E-state index contributed by atoms with van der Waals surface area (Å²) in [6.45, 7) is 0.569. The predicted molar refractivity (Wildman–Crippen MR) is 93.0 cm³/mol. The Hall–Kier alpha value is -3.29. The Morgan fingerprint density at radius 3 is 2.73 bits per heavy atom. The van der Waals surface area contributed by atoms with Crippen LogP contribution in [-0.2, 0) is 0 Å². The van der Waals surface area contributed by atoms with Gasteiger partial charge in [0.05, 0.1) is 24.1 Å². The lowest BCUT2D eigenvalue weighted by Crippen LogP contribution is -2.41. The van der Waals surface area contributed by atoms with E-state index in [1.54, 1.807) is 13.1 Å². The van der Waals surface area contributed by atoms with Crippen LogP contribution in [-0.4, -0.2) is 49.1 Å². The van der Waals surface area contributed by atoms with Crippen molar-refractivity contribution in [1.29, 1.82) is 0 Å². The van der Waals surface area contributed by atoms with Crippen molar-refractivity contribution < 1.29 is 23.9 Å². The smallest absolute Gasteiger partial charge is 0.270 e. The standard InChI is InChI=1S/C18H18N2O6/c1-19(10-13-11-25-16-5-3-4-6-17(16)26-13)18(21)14-9-12(20(22)23)7-8-15(14)24-2/h3-9,13H,10-11H2,1-2H3. The first-order valence-electron chi connectivity index (χ1n) is 7.96. The third-order valence-electron chi connectivity index (χ3n) is 4.02. The highest BCUT2D eigenvalue weighted by atomic mass is 16.6. The molecule has 3 rings (SSSR count). The van der Waals surface area contributed by atoms with Crippen LogP contribution in [0.5, 0.6) is 17.2 Å². The van der Waals surface area contributed by atoms with Gasteiger partial charge >= 0.3 is 0 Å². The number of ether oxygens (including phenoxy) is 3. The van der Waals surface area contributed by atoms with Crippen LogP contribution in [0.4, 0.5) is 5.69 Å². The molecule has 26 heavy (non-hydrogen) atoms. The van der Waals surface area contributed by atoms with Crippen LogP contribution >= 0.6 is 0 Å². The molecule has 1 unspecified atom stereocenters. The van der Waals surface area contributed by atoms with Crippen LogP contribution in [0, 0.1) is 10.1 Å². The molecule has 0 saturated heterocycles. The maximum absolute atomic E-state index is 12.7. The molecule has 0 saturated carbocycles. The van der Waals surface area contributed by atoms with E-state index < -0.39 is 10.8 Å². The van der Waals surface area contributed by atoms with Crippen LogP contribution in [0.3, 0.4) is 0 Å². The number of hydrogen-bond donors (Lipinski definition) is 0. The zero-order valence-electron chi connectivity index (χ0n) is 14.4. The molecule has 2 aromatic rings. The van der Waals surface area contributed by atoms with E-state index in [0.29, 0.717) is 18.1 Å². The fraction of sp³-hybridized carbons (Fsp3) is 0.278. The molecule has 0 fully saturated rings. The van der Waals surface area contributed by atoms with Crippen molar-refractivity contribution in [1.82, 2.24) is 4.90 Å². The van der Waals surface area contributed by atoms with E-state index in [0.717, 1.165) is 0 Å². The molecule has 2 aromatic carbocycles. The zero-order valence-corrected chi connectivity index (χ0v) is 14.4. The molecular formula is C18H18N2O6. The molecule has 8 heteroatoms. The number of rotatable bonds is 5. The minimum atomic E-state index is -0.550. The number of hydrogen-bond acceptors (Lipinski definition) is 6. The van der Waals surface area contributed by atoms with Gasteiger partial charge in [0.1, 0.15) is 12.4 Å². The minimum absolute atomic E-state index is 0.126. The number of methoxy groups -OCH3 is 1. The molecule has 0 spiro atoms. The van der Waals surface area contributed by atoms with E-state index in [2.05, 4.69) is 0 Å². The largest absolute Gasteiger partial charge is 0.496 e. The van der Waals surface area contributed by atoms with E-state index in [1.165, 1.54) is 30.2 Å². The topological polar surface area (TPSA) is 91.1 Å². The highest BCUT2D eigenvalue weighted by Gasteiger charge is 2.26. The molecule has 1 heterocycles. The first-order valence-corrected chi connectivity index (χ1v) is 7.96. The van der Waals surface area contributed by atoms with Crippen molar-refractivity contribution in [3.05, 3.63) is 58.1 Å². The Balaban J connectivity index is 1.74. The lowest BCUT2D eigenvalue weighted by molar-refractivity contribution is -0.384. The average Bonchev–Trinajstić information content (AvgIpc) is 2.66. The van der Waals surface area contributed by atoms with Gasteiger partial charge in [0.2, 0.25) is 0 Å². The summed E-state index contributed by atoms with van der Waals surface area (Å²) in [5.74, 6) is 1.17. The molecule has 136 valence electrons. The molecule has 0 aliphatic carbocycles. The number of para-hydroxylation sites is 2. The number of benzene rings is 2. The quantitative estimate of drug-likeness (QED) is 0.602. The maximum Gasteiger partial charge on any atom is 0.270 e. The number of likely N-dealkylation sites (N-methyl/N-ethyl adjacent to an activating group) is 1. The summed E-state index contributed by atoms with van der Waals surface area (Å²) >= 11 is 0. The van der Waals surface area contributed by atoms with Crippen LogP contribution in [0.1, 0.15) is 10.4 Å². The highest BCUT2D eigenvalue weighted by Crippen LogP contribution is 2.31. The molecule has 1 aliphatic rings. The molecule has 0 bridgehead atoms. The van der Waals surface area contributed by atoms with Crippen molar-refractivity contribution in [2.45, 2.75) is 6.10 Å². The second-order valence-corrected chi connectivity index (χ2v) is 5.82. The molecule has 8 nitrogen and oxygen atoms in total. The fourth-order valence-corrected chi connectivity index (χ4v) is 2.72. The van der Waals surface area contributed by atoms with Gasteiger partial charge in [0, 0.05) is 19.2 Å². The third kappa shape index (κ3) is 3.53. The highest BCUT2D eigenvalue weighted by molar-refractivity contribution is 5.97. The normalized spacial score (nSPS) is 15.2. The van der Waals surface area contributed by atoms with E-state index in [-0.39, 0.29) is 29.6 Å². The van der Waals surface area contributed by atoms with Crippen LogP contribution in [0.2, 0.25) is 0 Å². The van der Waals surface area contributed by atoms with Gasteiger partial charge < -0.3 is 19.1 Å². The van der Waals surface area contributed by atoms with Crippen molar-refractivity contribution in [2.24, 2.45) is 0 Å². The van der Waals surface area contributed by atoms with Gasteiger partial charge in [-0.25, -0.2) is 0 Å². The Morgan fingerprint density at radius 1 is 1.31 bits per heavy atom. The summed E-state index contributed by atoms with van der Waals surface area (Å²) in [7, 11) is 3.01. The zero-order chi connectivity index (χ0) is 18.7. The van der Waals surface area contributed by atoms with E-state index in [1.807, 2.05) is 18.2 Å². The van der Waals surface area contributed by atoms with Gasteiger partial charge in [-0.2, -0.15) is 0 Å². The van der Waals surface area contributed by atoms with Crippen molar-refractivity contribution in [3.63, 3.8) is 0 Å². The predicted octanol–water partition coefficient (Wildman–Crippen LogP) is 2.52. The van der Waals surface area contributed by atoms with Gasteiger partial charge in [0.25, 0.3) is 11.6 Å². The Bertz CT molecular complexity index is 838. The van der Waals surface area contributed by atoms with E-state index >= 15 is 0 Å². The minimum Gasteiger partial charge on any atom is -0.496 e. The second kappa shape index (κ2) is 7.30. The summed E-state index contributed by atoms with van der Waals surface area (Å²) < 4.78 is 16.7. The average molecular weight is 358 g/mol. The van der Waals surface area contributed by atoms with Gasteiger partial charge in [-0.15, -0.1) is 0 Å². The lowest BCUT2D eigenvalue weighted by atomic mass is 10.1. The van der Waals surface area contributed by atoms with Crippen molar-refractivity contribution >= 4 is 11.6 Å². The monoisotopic (exact) mass is 358 g/mol. The number of carbonyl (C=O) groups is 1. The summed E-state index contributed by atoms with van der Waals surface area (Å²) in [6.07, 6.45) is -0.344. The Morgan fingerprint density at radius 2 is 2.04 bits per heavy atom. The molecule has 1 atom stereocenters. The second-order valence-electron chi connectivity index (χ2n) is 5.82. The number of carbonyl (C=O) groups excluding carboxylic acids is 1. The van der Waals surface area contributed by atoms with Crippen LogP contribution in [0.25, 0.3) is 0 Å². The molecular weight excluding hydrogens is 340 g/mol. The molecule has 1 aliphatic heterocycles. The van der Waals surface area contributed by atoms with Crippen molar-refractivity contribution in [2.75, 3.05) is 27.3 Å².